The highest BCUT2D eigenvalue weighted by Gasteiger charge is 2.01. The first-order valence-electron chi connectivity index (χ1n) is 4.96. The van der Waals surface area contributed by atoms with Gasteiger partial charge in [0.05, 0.1) is 0 Å². The van der Waals surface area contributed by atoms with Crippen LogP contribution in [-0.4, -0.2) is 11.7 Å². The van der Waals surface area contributed by atoms with Crippen molar-refractivity contribution in [1.82, 2.24) is 0 Å². The van der Waals surface area contributed by atoms with E-state index in [1.165, 1.54) is 0 Å². The van der Waals surface area contributed by atoms with Crippen LogP contribution in [0.15, 0.2) is 0 Å². The minimum atomic E-state index is -0.277. The number of hydrogen-bond acceptors (Lipinski definition) is 2. The molecular formula is C10H19NO2. The number of carbonyl (C=O) groups is 2. The normalized spacial score (nSPS) is 9.92. The molecule has 0 heterocycles. The van der Waals surface area contributed by atoms with Crippen LogP contribution in [0, 0.1) is 0 Å². The summed E-state index contributed by atoms with van der Waals surface area (Å²) >= 11 is 0. The summed E-state index contributed by atoms with van der Waals surface area (Å²) in [5, 5.41) is 0. The summed E-state index contributed by atoms with van der Waals surface area (Å²) < 4.78 is 0. The van der Waals surface area contributed by atoms with Gasteiger partial charge in [-0.05, 0) is 19.3 Å². The lowest BCUT2D eigenvalue weighted by atomic mass is 10.1. The van der Waals surface area contributed by atoms with E-state index in [1.807, 2.05) is 0 Å². The summed E-state index contributed by atoms with van der Waals surface area (Å²) in [4.78, 5) is 21.5. The average molecular weight is 185 g/mol. The van der Waals surface area contributed by atoms with Crippen molar-refractivity contribution in [3.8, 4) is 0 Å². The molecule has 0 saturated heterocycles. The zero-order chi connectivity index (χ0) is 10.1. The third-order valence-corrected chi connectivity index (χ3v) is 1.94. The van der Waals surface area contributed by atoms with Gasteiger partial charge in [-0.15, -0.1) is 0 Å². The lowest BCUT2D eigenvalue weighted by molar-refractivity contribution is -0.120. The van der Waals surface area contributed by atoms with Crippen LogP contribution in [0.1, 0.15) is 51.9 Å². The van der Waals surface area contributed by atoms with E-state index in [0.29, 0.717) is 25.0 Å². The minimum Gasteiger partial charge on any atom is -0.370 e. The maximum absolute atomic E-state index is 11.1. The molecule has 0 fully saturated rings. The fourth-order valence-electron chi connectivity index (χ4n) is 1.12. The van der Waals surface area contributed by atoms with Crippen LogP contribution < -0.4 is 5.73 Å². The second-order valence-electron chi connectivity index (χ2n) is 3.32. The molecule has 0 rings (SSSR count). The molecule has 13 heavy (non-hydrogen) atoms. The third-order valence-electron chi connectivity index (χ3n) is 1.94. The predicted octanol–water partition coefficient (Wildman–Crippen LogP) is 1.79. The molecule has 0 aromatic heterocycles. The van der Waals surface area contributed by atoms with Gasteiger partial charge in [0.1, 0.15) is 5.78 Å². The van der Waals surface area contributed by atoms with E-state index in [2.05, 4.69) is 6.92 Å². The van der Waals surface area contributed by atoms with Gasteiger partial charge in [0.2, 0.25) is 5.91 Å². The van der Waals surface area contributed by atoms with Crippen molar-refractivity contribution in [3.05, 3.63) is 0 Å². The Hall–Kier alpha value is -0.860. The molecule has 0 spiro atoms. The Kier molecular flexibility index (Phi) is 7.26. The molecule has 0 aromatic rings. The Balaban J connectivity index is 3.22. The van der Waals surface area contributed by atoms with Gasteiger partial charge in [0.15, 0.2) is 0 Å². The van der Waals surface area contributed by atoms with Gasteiger partial charge in [-0.25, -0.2) is 0 Å². The van der Waals surface area contributed by atoms with E-state index in [-0.39, 0.29) is 5.91 Å². The maximum atomic E-state index is 11.1. The molecule has 0 aliphatic rings. The summed E-state index contributed by atoms with van der Waals surface area (Å²) in [6.07, 6.45) is 5.28. The molecule has 0 radical (unpaired) electrons. The highest BCUT2D eigenvalue weighted by molar-refractivity contribution is 5.78. The monoisotopic (exact) mass is 185 g/mol. The molecule has 76 valence electrons. The van der Waals surface area contributed by atoms with E-state index >= 15 is 0 Å². The number of Topliss-reactive ketones (excluding diaryl/α,β-unsaturated/α-hetero) is 1. The summed E-state index contributed by atoms with van der Waals surface area (Å²) in [7, 11) is 0. The first-order valence-corrected chi connectivity index (χ1v) is 4.96. The summed E-state index contributed by atoms with van der Waals surface area (Å²) in [5.41, 5.74) is 4.97. The molecule has 0 atom stereocenters. The van der Waals surface area contributed by atoms with Gasteiger partial charge in [-0.3, -0.25) is 9.59 Å². The van der Waals surface area contributed by atoms with E-state index in [0.717, 1.165) is 25.7 Å². The van der Waals surface area contributed by atoms with E-state index in [1.54, 1.807) is 0 Å². The number of ketones is 1. The highest BCUT2D eigenvalue weighted by Crippen LogP contribution is 2.04. The molecular weight excluding hydrogens is 166 g/mol. The Morgan fingerprint density at radius 2 is 1.54 bits per heavy atom. The third kappa shape index (κ3) is 9.05. The molecule has 2 N–H and O–H groups in total. The SMILES string of the molecule is CCCCC(=O)CCCCC(N)=O. The summed E-state index contributed by atoms with van der Waals surface area (Å²) in [6, 6.07) is 0. The van der Waals surface area contributed by atoms with Crippen molar-refractivity contribution in [2.75, 3.05) is 0 Å². The van der Waals surface area contributed by atoms with Gasteiger partial charge < -0.3 is 5.73 Å². The number of rotatable bonds is 8. The highest BCUT2D eigenvalue weighted by atomic mass is 16.1. The van der Waals surface area contributed by atoms with Crippen molar-refractivity contribution in [2.45, 2.75) is 51.9 Å². The lowest BCUT2D eigenvalue weighted by Gasteiger charge is -1.98. The predicted molar refractivity (Wildman–Crippen MR) is 52.2 cm³/mol. The van der Waals surface area contributed by atoms with Crippen molar-refractivity contribution in [2.24, 2.45) is 5.73 Å². The van der Waals surface area contributed by atoms with Crippen LogP contribution in [0.5, 0.6) is 0 Å². The van der Waals surface area contributed by atoms with Gasteiger partial charge in [-0.1, -0.05) is 13.3 Å². The molecule has 0 bridgehead atoms. The molecule has 3 heteroatoms. The van der Waals surface area contributed by atoms with E-state index in [9.17, 15) is 9.59 Å². The Morgan fingerprint density at radius 1 is 1.00 bits per heavy atom. The van der Waals surface area contributed by atoms with Gasteiger partial charge in [0.25, 0.3) is 0 Å². The fourth-order valence-corrected chi connectivity index (χ4v) is 1.12. The molecule has 3 nitrogen and oxygen atoms in total. The van der Waals surface area contributed by atoms with Gasteiger partial charge in [0, 0.05) is 19.3 Å². The maximum Gasteiger partial charge on any atom is 0.217 e. The smallest absolute Gasteiger partial charge is 0.217 e. The number of hydrogen-bond donors (Lipinski definition) is 1. The van der Waals surface area contributed by atoms with Crippen LogP contribution in [0.4, 0.5) is 0 Å². The average Bonchev–Trinajstić information content (AvgIpc) is 2.08. The molecule has 0 aliphatic heterocycles. The first kappa shape index (κ1) is 12.1. The number of carbonyl (C=O) groups excluding carboxylic acids is 2. The van der Waals surface area contributed by atoms with E-state index < -0.39 is 0 Å². The van der Waals surface area contributed by atoms with Crippen LogP contribution in [0.2, 0.25) is 0 Å². The topological polar surface area (TPSA) is 60.2 Å². The number of nitrogens with two attached hydrogens (primary N) is 1. The second kappa shape index (κ2) is 7.77. The van der Waals surface area contributed by atoms with Crippen molar-refractivity contribution in [1.29, 1.82) is 0 Å². The molecule has 1 amide bonds. The van der Waals surface area contributed by atoms with Crippen LogP contribution in [0.25, 0.3) is 0 Å². The number of primary amides is 1. The van der Waals surface area contributed by atoms with Crippen LogP contribution in [-0.2, 0) is 9.59 Å². The lowest BCUT2D eigenvalue weighted by Crippen LogP contribution is -2.09. The van der Waals surface area contributed by atoms with Crippen molar-refractivity contribution < 1.29 is 9.59 Å². The Bertz CT molecular complexity index is 166. The zero-order valence-corrected chi connectivity index (χ0v) is 8.34. The van der Waals surface area contributed by atoms with Gasteiger partial charge >= 0.3 is 0 Å². The van der Waals surface area contributed by atoms with E-state index in [4.69, 9.17) is 5.73 Å². The molecule has 0 aliphatic carbocycles. The second-order valence-corrected chi connectivity index (χ2v) is 3.32. The largest absolute Gasteiger partial charge is 0.370 e. The minimum absolute atomic E-state index is 0.277. The molecule has 0 saturated carbocycles. The number of unbranched alkanes of at least 4 members (excludes halogenated alkanes) is 2. The van der Waals surface area contributed by atoms with Crippen LogP contribution in [0.3, 0.4) is 0 Å². The summed E-state index contributed by atoms with van der Waals surface area (Å²) in [5.74, 6) is 0.0346. The summed E-state index contributed by atoms with van der Waals surface area (Å²) in [6.45, 7) is 2.07. The fraction of sp³-hybridized carbons (Fsp3) is 0.800. The zero-order valence-electron chi connectivity index (χ0n) is 8.34. The quantitative estimate of drug-likeness (QED) is 0.586. The molecule has 0 unspecified atom stereocenters. The standard InChI is InChI=1S/C10H19NO2/c1-2-3-6-9(12)7-4-5-8-10(11)13/h2-8H2,1H3,(H2,11,13). The van der Waals surface area contributed by atoms with Gasteiger partial charge in [-0.2, -0.15) is 0 Å². The number of amides is 1. The Morgan fingerprint density at radius 3 is 2.08 bits per heavy atom. The van der Waals surface area contributed by atoms with Crippen molar-refractivity contribution >= 4 is 11.7 Å². The molecule has 0 aromatic carbocycles. The van der Waals surface area contributed by atoms with Crippen molar-refractivity contribution in [3.63, 3.8) is 0 Å². The Labute approximate surface area is 79.7 Å². The first-order chi connectivity index (χ1) is 6.16. The van der Waals surface area contributed by atoms with Crippen LogP contribution >= 0.6 is 0 Å².